The van der Waals surface area contributed by atoms with E-state index in [2.05, 4.69) is 37.6 Å². The molecule has 2 aromatic heterocycles. The Morgan fingerprint density at radius 1 is 0.955 bits per heavy atom. The van der Waals surface area contributed by atoms with Gasteiger partial charge in [0.15, 0.2) is 0 Å². The molecule has 0 aliphatic rings. The number of nitrogens with zero attached hydrogens (tertiary/aromatic N) is 4. The molecule has 0 fully saturated rings. The minimum atomic E-state index is 0.500. The summed E-state index contributed by atoms with van der Waals surface area (Å²) in [5.41, 5.74) is 2.86. The third-order valence-electron chi connectivity index (χ3n) is 3.15. The van der Waals surface area contributed by atoms with E-state index in [1.807, 2.05) is 18.2 Å². The van der Waals surface area contributed by atoms with E-state index in [0.29, 0.717) is 11.0 Å². The molecule has 6 heteroatoms. The van der Waals surface area contributed by atoms with Gasteiger partial charge in [-0.25, -0.2) is 9.97 Å². The lowest BCUT2D eigenvalue weighted by Crippen LogP contribution is -2.02. The minimum absolute atomic E-state index is 0.500. The lowest BCUT2D eigenvalue weighted by atomic mass is 10.1. The van der Waals surface area contributed by atoms with Gasteiger partial charge in [0.2, 0.25) is 5.95 Å². The smallest absolute Gasteiger partial charge is 0.227 e. The standard InChI is InChI=1S/C16H14ClN5/c17-14-11-18-16(21-13-8-9-19-20-10-13)22-15(14)7-6-12-4-2-1-3-5-12/h1-5,8-11H,6-7H2,(H,18,19,21,22). The van der Waals surface area contributed by atoms with Crippen LogP contribution in [-0.4, -0.2) is 20.2 Å². The van der Waals surface area contributed by atoms with Crippen LogP contribution >= 0.6 is 11.6 Å². The van der Waals surface area contributed by atoms with Crippen LogP contribution in [0.2, 0.25) is 5.02 Å². The van der Waals surface area contributed by atoms with Gasteiger partial charge in [-0.3, -0.25) is 0 Å². The predicted octanol–water partition coefficient (Wildman–Crippen LogP) is 3.45. The van der Waals surface area contributed by atoms with Gasteiger partial charge in [0, 0.05) is 0 Å². The van der Waals surface area contributed by atoms with Gasteiger partial charge in [-0.2, -0.15) is 10.2 Å². The second-order valence-electron chi connectivity index (χ2n) is 4.73. The Morgan fingerprint density at radius 2 is 1.82 bits per heavy atom. The number of anilines is 2. The zero-order valence-corrected chi connectivity index (χ0v) is 12.5. The fourth-order valence-electron chi connectivity index (χ4n) is 2.04. The first-order chi connectivity index (χ1) is 10.8. The van der Waals surface area contributed by atoms with Crippen molar-refractivity contribution in [2.75, 3.05) is 5.32 Å². The summed E-state index contributed by atoms with van der Waals surface area (Å²) in [6.07, 6.45) is 6.48. The summed E-state index contributed by atoms with van der Waals surface area (Å²) < 4.78 is 0. The van der Waals surface area contributed by atoms with E-state index in [4.69, 9.17) is 11.6 Å². The number of benzene rings is 1. The van der Waals surface area contributed by atoms with Crippen LogP contribution in [0.15, 0.2) is 55.0 Å². The van der Waals surface area contributed by atoms with Gasteiger partial charge in [0.05, 0.1) is 35.0 Å². The van der Waals surface area contributed by atoms with Crippen LogP contribution < -0.4 is 5.32 Å². The summed E-state index contributed by atoms with van der Waals surface area (Å²) in [4.78, 5) is 8.67. The molecule has 0 saturated carbocycles. The van der Waals surface area contributed by atoms with Crippen LogP contribution in [0.1, 0.15) is 11.3 Å². The third-order valence-corrected chi connectivity index (χ3v) is 3.47. The highest BCUT2D eigenvalue weighted by Crippen LogP contribution is 2.18. The van der Waals surface area contributed by atoms with E-state index in [0.717, 1.165) is 24.2 Å². The summed E-state index contributed by atoms with van der Waals surface area (Å²) in [5.74, 6) is 0.500. The SMILES string of the molecule is Clc1cnc(Nc2ccnnc2)nc1CCc1ccccc1. The van der Waals surface area contributed by atoms with Gasteiger partial charge in [-0.15, -0.1) is 0 Å². The molecule has 5 nitrogen and oxygen atoms in total. The number of hydrogen-bond acceptors (Lipinski definition) is 5. The average molecular weight is 312 g/mol. The topological polar surface area (TPSA) is 63.6 Å². The first-order valence-electron chi connectivity index (χ1n) is 6.90. The Hall–Kier alpha value is -2.53. The number of rotatable bonds is 5. The number of halogens is 1. The van der Waals surface area contributed by atoms with Crippen molar-refractivity contribution in [3.8, 4) is 0 Å². The summed E-state index contributed by atoms with van der Waals surface area (Å²) in [6.45, 7) is 0. The fourth-order valence-corrected chi connectivity index (χ4v) is 2.22. The van der Waals surface area contributed by atoms with E-state index in [9.17, 15) is 0 Å². The molecule has 0 bridgehead atoms. The summed E-state index contributed by atoms with van der Waals surface area (Å²) in [7, 11) is 0. The Labute approximate surface area is 133 Å². The van der Waals surface area contributed by atoms with Crippen LogP contribution in [-0.2, 0) is 12.8 Å². The van der Waals surface area contributed by atoms with Crippen LogP contribution in [0.3, 0.4) is 0 Å². The molecule has 1 N–H and O–H groups in total. The van der Waals surface area contributed by atoms with E-state index in [1.165, 1.54) is 5.56 Å². The third kappa shape index (κ3) is 3.77. The highest BCUT2D eigenvalue weighted by atomic mass is 35.5. The molecule has 3 aromatic rings. The maximum atomic E-state index is 6.19. The van der Waals surface area contributed by atoms with Gasteiger partial charge >= 0.3 is 0 Å². The Bertz CT molecular complexity index is 734. The molecular weight excluding hydrogens is 298 g/mol. The first kappa shape index (κ1) is 14.4. The van der Waals surface area contributed by atoms with E-state index >= 15 is 0 Å². The monoisotopic (exact) mass is 311 g/mol. The Kier molecular flexibility index (Phi) is 4.56. The molecule has 0 saturated heterocycles. The number of aromatic nitrogens is 4. The number of nitrogens with one attached hydrogen (secondary N) is 1. The quantitative estimate of drug-likeness (QED) is 0.782. The number of hydrogen-bond donors (Lipinski definition) is 1. The van der Waals surface area contributed by atoms with Crippen molar-refractivity contribution < 1.29 is 0 Å². The number of aryl methyl sites for hydroxylation is 2. The molecule has 1 aromatic carbocycles. The second-order valence-corrected chi connectivity index (χ2v) is 5.14. The van der Waals surface area contributed by atoms with Crippen LogP contribution in [0.4, 0.5) is 11.6 Å². The van der Waals surface area contributed by atoms with Gasteiger partial charge in [-0.1, -0.05) is 41.9 Å². The van der Waals surface area contributed by atoms with E-state index in [-0.39, 0.29) is 0 Å². The first-order valence-corrected chi connectivity index (χ1v) is 7.28. The van der Waals surface area contributed by atoms with Gasteiger partial charge in [0.25, 0.3) is 0 Å². The maximum absolute atomic E-state index is 6.19. The molecule has 0 amide bonds. The largest absolute Gasteiger partial charge is 0.323 e. The molecule has 0 aliphatic carbocycles. The molecule has 0 aliphatic heterocycles. The van der Waals surface area contributed by atoms with Gasteiger partial charge < -0.3 is 5.32 Å². The van der Waals surface area contributed by atoms with Crippen LogP contribution in [0.25, 0.3) is 0 Å². The molecule has 22 heavy (non-hydrogen) atoms. The van der Waals surface area contributed by atoms with E-state index in [1.54, 1.807) is 24.7 Å². The zero-order chi connectivity index (χ0) is 15.2. The van der Waals surface area contributed by atoms with Crippen molar-refractivity contribution >= 4 is 23.2 Å². The molecule has 0 spiro atoms. The van der Waals surface area contributed by atoms with Crippen molar-refractivity contribution in [3.05, 3.63) is 71.3 Å². The van der Waals surface area contributed by atoms with Crippen molar-refractivity contribution in [1.29, 1.82) is 0 Å². The molecule has 110 valence electrons. The van der Waals surface area contributed by atoms with Crippen LogP contribution in [0, 0.1) is 0 Å². The summed E-state index contributed by atoms with van der Waals surface area (Å²) in [6, 6.07) is 12.1. The van der Waals surface area contributed by atoms with E-state index < -0.39 is 0 Å². The van der Waals surface area contributed by atoms with Crippen molar-refractivity contribution in [2.45, 2.75) is 12.8 Å². The molecule has 2 heterocycles. The molecule has 0 radical (unpaired) electrons. The van der Waals surface area contributed by atoms with Gasteiger partial charge in [-0.05, 0) is 24.5 Å². The average Bonchev–Trinajstić information content (AvgIpc) is 2.57. The van der Waals surface area contributed by atoms with Crippen molar-refractivity contribution in [3.63, 3.8) is 0 Å². The molecule has 3 rings (SSSR count). The van der Waals surface area contributed by atoms with Crippen molar-refractivity contribution in [2.24, 2.45) is 0 Å². The predicted molar refractivity (Wildman–Crippen MR) is 86.2 cm³/mol. The van der Waals surface area contributed by atoms with Crippen LogP contribution in [0.5, 0.6) is 0 Å². The minimum Gasteiger partial charge on any atom is -0.323 e. The Morgan fingerprint density at radius 3 is 2.59 bits per heavy atom. The lowest BCUT2D eigenvalue weighted by Gasteiger charge is -2.08. The highest BCUT2D eigenvalue weighted by molar-refractivity contribution is 6.31. The lowest BCUT2D eigenvalue weighted by molar-refractivity contribution is 0.903. The molecule has 0 atom stereocenters. The maximum Gasteiger partial charge on any atom is 0.227 e. The zero-order valence-electron chi connectivity index (χ0n) is 11.8. The Balaban J connectivity index is 1.72. The highest BCUT2D eigenvalue weighted by Gasteiger charge is 2.06. The van der Waals surface area contributed by atoms with Crippen molar-refractivity contribution in [1.82, 2.24) is 20.2 Å². The normalized spacial score (nSPS) is 10.4. The fraction of sp³-hybridized carbons (Fsp3) is 0.125. The second kappa shape index (κ2) is 6.95. The summed E-state index contributed by atoms with van der Waals surface area (Å²) in [5, 5.41) is 11.2. The van der Waals surface area contributed by atoms with Gasteiger partial charge in [0.1, 0.15) is 0 Å². The summed E-state index contributed by atoms with van der Waals surface area (Å²) >= 11 is 6.19. The molecule has 0 unspecified atom stereocenters. The molecular formula is C16H14ClN5.